The van der Waals surface area contributed by atoms with E-state index in [1.807, 2.05) is 6.07 Å². The van der Waals surface area contributed by atoms with Gasteiger partial charge < -0.3 is 14.5 Å². The number of nitrogens with one attached hydrogen (secondary N) is 1. The maximum Gasteiger partial charge on any atom is 0.294 e. The lowest BCUT2D eigenvalue weighted by molar-refractivity contribution is -0.117. The second kappa shape index (κ2) is 9.82. The molecule has 0 fully saturated rings. The molecule has 166 valence electrons. The van der Waals surface area contributed by atoms with Gasteiger partial charge in [0.15, 0.2) is 5.76 Å². The van der Waals surface area contributed by atoms with E-state index in [0.29, 0.717) is 22.7 Å². The average molecular weight is 444 g/mol. The predicted octanol–water partition coefficient (Wildman–Crippen LogP) is 5.45. The molecule has 1 atom stereocenters. The Hall–Kier alpha value is -4.39. The molecule has 1 heterocycles. The maximum absolute atomic E-state index is 13.7. The lowest BCUT2D eigenvalue weighted by atomic mass is 10.0. The highest BCUT2D eigenvalue weighted by atomic mass is 19.1. The van der Waals surface area contributed by atoms with Crippen LogP contribution in [0.25, 0.3) is 0 Å². The summed E-state index contributed by atoms with van der Waals surface area (Å²) in [5, 5.41) is 2.84. The van der Waals surface area contributed by atoms with Crippen molar-refractivity contribution in [1.82, 2.24) is 0 Å². The maximum atomic E-state index is 13.7. The molecular weight excluding hydrogens is 423 g/mol. The fourth-order valence-electron chi connectivity index (χ4n) is 3.44. The van der Waals surface area contributed by atoms with E-state index in [1.54, 1.807) is 61.7 Å². The van der Waals surface area contributed by atoms with Gasteiger partial charge >= 0.3 is 0 Å². The Morgan fingerprint density at radius 2 is 1.61 bits per heavy atom. The van der Waals surface area contributed by atoms with Crippen LogP contribution in [0.2, 0.25) is 0 Å². The minimum absolute atomic E-state index is 0.0724. The number of ether oxygens (including phenoxy) is 1. The van der Waals surface area contributed by atoms with E-state index in [2.05, 4.69) is 5.32 Å². The second-order valence-electron chi connectivity index (χ2n) is 7.16. The molecule has 0 unspecified atom stereocenters. The fraction of sp³-hybridized carbons (Fsp3) is 0.0769. The van der Waals surface area contributed by atoms with Gasteiger partial charge in [0.1, 0.15) is 17.6 Å². The number of amides is 2. The van der Waals surface area contributed by atoms with Crippen molar-refractivity contribution in [1.29, 1.82) is 0 Å². The number of halogens is 1. The SMILES string of the molecule is COc1ccc(NC(=O)[C@H](c2ccc(F)cc2)N(C(=O)c2ccco2)c2ccccc2)cc1. The number of rotatable bonds is 7. The Morgan fingerprint density at radius 1 is 0.909 bits per heavy atom. The Balaban J connectivity index is 1.78. The summed E-state index contributed by atoms with van der Waals surface area (Å²) in [6.45, 7) is 0. The third kappa shape index (κ3) is 4.93. The molecule has 33 heavy (non-hydrogen) atoms. The van der Waals surface area contributed by atoms with Crippen molar-refractivity contribution < 1.29 is 23.1 Å². The molecule has 0 radical (unpaired) electrons. The second-order valence-corrected chi connectivity index (χ2v) is 7.16. The molecule has 2 amide bonds. The van der Waals surface area contributed by atoms with Crippen LogP contribution in [0.4, 0.5) is 15.8 Å². The van der Waals surface area contributed by atoms with Crippen molar-refractivity contribution >= 4 is 23.2 Å². The third-order valence-corrected chi connectivity index (χ3v) is 5.03. The number of benzene rings is 3. The Bertz CT molecular complexity index is 1210. The van der Waals surface area contributed by atoms with Crippen molar-refractivity contribution in [2.45, 2.75) is 6.04 Å². The summed E-state index contributed by atoms with van der Waals surface area (Å²) < 4.78 is 24.2. The normalized spacial score (nSPS) is 11.5. The first-order valence-corrected chi connectivity index (χ1v) is 10.2. The van der Waals surface area contributed by atoms with Gasteiger partial charge in [-0.25, -0.2) is 4.39 Å². The number of carbonyl (C=O) groups is 2. The van der Waals surface area contributed by atoms with Crippen LogP contribution < -0.4 is 15.0 Å². The lowest BCUT2D eigenvalue weighted by Gasteiger charge is -2.31. The van der Waals surface area contributed by atoms with Gasteiger partial charge in [-0.1, -0.05) is 30.3 Å². The zero-order chi connectivity index (χ0) is 23.2. The summed E-state index contributed by atoms with van der Waals surface area (Å²) in [7, 11) is 1.55. The number of methoxy groups -OCH3 is 1. The van der Waals surface area contributed by atoms with E-state index in [1.165, 1.54) is 41.5 Å². The van der Waals surface area contributed by atoms with Gasteiger partial charge in [0.2, 0.25) is 0 Å². The van der Waals surface area contributed by atoms with E-state index < -0.39 is 23.7 Å². The van der Waals surface area contributed by atoms with Crippen LogP contribution in [0.5, 0.6) is 5.75 Å². The van der Waals surface area contributed by atoms with Crippen LogP contribution in [0, 0.1) is 5.82 Å². The summed E-state index contributed by atoms with van der Waals surface area (Å²) in [6, 6.07) is 23.1. The minimum atomic E-state index is -1.10. The summed E-state index contributed by atoms with van der Waals surface area (Å²) >= 11 is 0. The number of furan rings is 1. The van der Waals surface area contributed by atoms with Gasteiger partial charge in [0.05, 0.1) is 13.4 Å². The van der Waals surface area contributed by atoms with Gasteiger partial charge in [-0.3, -0.25) is 14.5 Å². The minimum Gasteiger partial charge on any atom is -0.497 e. The molecule has 0 spiro atoms. The van der Waals surface area contributed by atoms with Gasteiger partial charge in [-0.2, -0.15) is 0 Å². The third-order valence-electron chi connectivity index (χ3n) is 5.03. The number of para-hydroxylation sites is 1. The molecule has 1 aromatic heterocycles. The van der Waals surface area contributed by atoms with Crippen molar-refractivity contribution in [3.05, 3.63) is 114 Å². The number of hydrogen-bond acceptors (Lipinski definition) is 4. The molecule has 0 saturated carbocycles. The van der Waals surface area contributed by atoms with Crippen LogP contribution in [0.1, 0.15) is 22.2 Å². The van der Waals surface area contributed by atoms with Gasteiger partial charge in [0, 0.05) is 11.4 Å². The molecule has 4 rings (SSSR count). The predicted molar refractivity (Wildman–Crippen MR) is 123 cm³/mol. The Labute approximate surface area is 190 Å². The number of carbonyl (C=O) groups excluding carboxylic acids is 2. The van der Waals surface area contributed by atoms with Gasteiger partial charge in [0.25, 0.3) is 11.8 Å². The van der Waals surface area contributed by atoms with E-state index in [-0.39, 0.29) is 5.76 Å². The molecule has 0 saturated heterocycles. The van der Waals surface area contributed by atoms with Crippen LogP contribution in [0.15, 0.2) is 102 Å². The van der Waals surface area contributed by atoms with E-state index >= 15 is 0 Å². The zero-order valence-corrected chi connectivity index (χ0v) is 17.8. The van der Waals surface area contributed by atoms with Crippen molar-refractivity contribution in [2.24, 2.45) is 0 Å². The van der Waals surface area contributed by atoms with E-state index in [0.717, 1.165) is 0 Å². The first kappa shape index (κ1) is 21.8. The fourth-order valence-corrected chi connectivity index (χ4v) is 3.44. The summed E-state index contributed by atoms with van der Waals surface area (Å²) in [6.07, 6.45) is 1.39. The van der Waals surface area contributed by atoms with Crippen LogP contribution in [-0.2, 0) is 4.79 Å². The molecule has 0 aliphatic rings. The molecule has 3 aromatic carbocycles. The van der Waals surface area contributed by atoms with Crippen LogP contribution >= 0.6 is 0 Å². The Kier molecular flexibility index (Phi) is 6.50. The van der Waals surface area contributed by atoms with Crippen molar-refractivity contribution in [3.63, 3.8) is 0 Å². The number of anilines is 2. The topological polar surface area (TPSA) is 71.8 Å². The smallest absolute Gasteiger partial charge is 0.294 e. The van der Waals surface area contributed by atoms with Crippen LogP contribution in [0.3, 0.4) is 0 Å². The molecule has 7 heteroatoms. The molecule has 0 aliphatic heterocycles. The zero-order valence-electron chi connectivity index (χ0n) is 17.8. The largest absolute Gasteiger partial charge is 0.497 e. The first-order chi connectivity index (χ1) is 16.1. The highest BCUT2D eigenvalue weighted by Crippen LogP contribution is 2.31. The summed E-state index contributed by atoms with van der Waals surface area (Å²) in [4.78, 5) is 28.4. The lowest BCUT2D eigenvalue weighted by Crippen LogP contribution is -2.41. The molecular formula is C26H21FN2O4. The average Bonchev–Trinajstić information content (AvgIpc) is 3.39. The van der Waals surface area contributed by atoms with E-state index in [4.69, 9.17) is 9.15 Å². The molecule has 6 nitrogen and oxygen atoms in total. The number of nitrogens with zero attached hydrogens (tertiary/aromatic N) is 1. The van der Waals surface area contributed by atoms with E-state index in [9.17, 15) is 14.0 Å². The van der Waals surface area contributed by atoms with Crippen LogP contribution in [-0.4, -0.2) is 18.9 Å². The van der Waals surface area contributed by atoms with Gasteiger partial charge in [-0.05, 0) is 66.2 Å². The van der Waals surface area contributed by atoms with Crippen molar-refractivity contribution in [2.75, 3.05) is 17.3 Å². The Morgan fingerprint density at radius 3 is 2.21 bits per heavy atom. The monoisotopic (exact) mass is 444 g/mol. The highest BCUT2D eigenvalue weighted by Gasteiger charge is 2.34. The molecule has 4 aromatic rings. The molecule has 0 aliphatic carbocycles. The number of hydrogen-bond donors (Lipinski definition) is 1. The summed E-state index contributed by atoms with van der Waals surface area (Å²) in [5.74, 6) is -0.720. The van der Waals surface area contributed by atoms with Gasteiger partial charge in [-0.15, -0.1) is 0 Å². The highest BCUT2D eigenvalue weighted by molar-refractivity contribution is 6.10. The summed E-state index contributed by atoms with van der Waals surface area (Å²) in [5.41, 5.74) is 1.44. The molecule has 1 N–H and O–H groups in total. The van der Waals surface area contributed by atoms with Crippen molar-refractivity contribution in [3.8, 4) is 5.75 Å². The standard InChI is InChI=1S/C26H21FN2O4/c1-32-22-15-13-20(14-16-22)28-25(30)24(18-9-11-19(27)12-10-18)29(21-6-3-2-4-7-21)26(31)23-8-5-17-33-23/h2-17,24H,1H3,(H,28,30)/t24-/m0/s1. The quantitative estimate of drug-likeness (QED) is 0.411. The molecule has 0 bridgehead atoms. The first-order valence-electron chi connectivity index (χ1n) is 10.2.